The second-order valence-electron chi connectivity index (χ2n) is 9.17. The van der Waals surface area contributed by atoms with Crippen LogP contribution in [-0.2, 0) is 10.0 Å². The molecule has 0 fully saturated rings. The molecule has 0 bridgehead atoms. The maximum atomic E-state index is 14.9. The van der Waals surface area contributed by atoms with Gasteiger partial charge in [0, 0.05) is 11.8 Å². The third-order valence-corrected chi connectivity index (χ3v) is 7.25. The van der Waals surface area contributed by atoms with Gasteiger partial charge in [0.15, 0.2) is 4.90 Å². The van der Waals surface area contributed by atoms with Gasteiger partial charge in [0.25, 0.3) is 21.5 Å². The molecule has 0 saturated heterocycles. The summed E-state index contributed by atoms with van der Waals surface area (Å²) in [6.45, 7) is 7.95. The van der Waals surface area contributed by atoms with Gasteiger partial charge >= 0.3 is 0 Å². The molecule has 0 unspecified atom stereocenters. The fourth-order valence-electron chi connectivity index (χ4n) is 4.13. The highest BCUT2D eigenvalue weighted by Crippen LogP contribution is 2.34. The van der Waals surface area contributed by atoms with E-state index in [9.17, 15) is 22.4 Å². The zero-order valence-electron chi connectivity index (χ0n) is 22.4. The van der Waals surface area contributed by atoms with Gasteiger partial charge in [0.2, 0.25) is 5.88 Å². The number of aromatic amines is 1. The van der Waals surface area contributed by atoms with Crippen LogP contribution in [0.5, 0.6) is 17.4 Å². The standard InChI is InChI=1S/C29H28FN3O6S/c1-5-13-38-20-8-10-23(30)22(16-20)24-11-9-21(27(34)33-40(36,37)25-7-6-12-31-28(25)35)29(32-24)39-26-18(3)14-17(2)15-19(26)4/h6-12,14-16H,5,13H2,1-4H3,(H,31,35)(H,33,34). The average molecular weight is 566 g/mol. The zero-order chi connectivity index (χ0) is 29.0. The first-order valence-corrected chi connectivity index (χ1v) is 13.9. The van der Waals surface area contributed by atoms with Crippen LogP contribution in [0.4, 0.5) is 4.39 Å². The summed E-state index contributed by atoms with van der Waals surface area (Å²) in [6.07, 6.45) is 2.03. The minimum Gasteiger partial charge on any atom is -0.494 e. The Hall–Kier alpha value is -4.51. The van der Waals surface area contributed by atoms with Crippen LogP contribution in [0.3, 0.4) is 0 Å². The minimum atomic E-state index is -4.54. The molecule has 0 aliphatic carbocycles. The molecule has 2 aromatic carbocycles. The smallest absolute Gasteiger partial charge is 0.270 e. The molecule has 2 heterocycles. The van der Waals surface area contributed by atoms with Crippen LogP contribution in [0.2, 0.25) is 0 Å². The molecule has 0 aliphatic rings. The molecule has 11 heteroatoms. The van der Waals surface area contributed by atoms with E-state index < -0.39 is 32.2 Å². The van der Waals surface area contributed by atoms with E-state index in [0.29, 0.717) is 18.1 Å². The molecule has 0 saturated carbocycles. The summed E-state index contributed by atoms with van der Waals surface area (Å²) in [6, 6.07) is 13.1. The van der Waals surface area contributed by atoms with E-state index in [4.69, 9.17) is 9.47 Å². The lowest BCUT2D eigenvalue weighted by Gasteiger charge is -2.16. The van der Waals surface area contributed by atoms with Crippen LogP contribution in [-0.4, -0.2) is 30.9 Å². The molecule has 2 N–H and O–H groups in total. The summed E-state index contributed by atoms with van der Waals surface area (Å²) < 4.78 is 54.2. The van der Waals surface area contributed by atoms with E-state index in [2.05, 4.69) is 9.97 Å². The van der Waals surface area contributed by atoms with E-state index >= 15 is 0 Å². The van der Waals surface area contributed by atoms with Gasteiger partial charge in [-0.05, 0) is 80.8 Å². The predicted molar refractivity (Wildman–Crippen MR) is 148 cm³/mol. The Bertz CT molecular complexity index is 1730. The Morgan fingerprint density at radius 1 is 1.05 bits per heavy atom. The third-order valence-electron chi connectivity index (χ3n) is 5.89. The molecule has 40 heavy (non-hydrogen) atoms. The van der Waals surface area contributed by atoms with Crippen molar-refractivity contribution < 1.29 is 27.1 Å². The number of halogens is 1. The first-order valence-electron chi connectivity index (χ1n) is 12.4. The first-order chi connectivity index (χ1) is 19.0. The van der Waals surface area contributed by atoms with Crippen molar-refractivity contribution in [2.24, 2.45) is 0 Å². The van der Waals surface area contributed by atoms with E-state index in [0.717, 1.165) is 29.2 Å². The van der Waals surface area contributed by atoms with Crippen LogP contribution >= 0.6 is 0 Å². The second kappa shape index (κ2) is 11.7. The molecule has 0 atom stereocenters. The largest absolute Gasteiger partial charge is 0.494 e. The first kappa shape index (κ1) is 28.5. The number of amides is 1. The van der Waals surface area contributed by atoms with Crippen LogP contribution in [0.15, 0.2) is 70.5 Å². The monoisotopic (exact) mass is 565 g/mol. The Morgan fingerprint density at radius 3 is 2.45 bits per heavy atom. The van der Waals surface area contributed by atoms with Gasteiger partial charge in [0.05, 0.1) is 12.3 Å². The van der Waals surface area contributed by atoms with Gasteiger partial charge in [-0.1, -0.05) is 24.6 Å². The highest BCUT2D eigenvalue weighted by molar-refractivity contribution is 7.90. The number of nitrogens with one attached hydrogen (secondary N) is 2. The van der Waals surface area contributed by atoms with Crippen LogP contribution < -0.4 is 19.8 Å². The number of H-pyrrole nitrogens is 1. The number of aryl methyl sites for hydroxylation is 3. The Kier molecular flexibility index (Phi) is 8.34. The average Bonchev–Trinajstić information content (AvgIpc) is 2.90. The molecule has 208 valence electrons. The molecular formula is C29H28FN3O6S. The number of ether oxygens (including phenoxy) is 2. The number of benzene rings is 2. The Morgan fingerprint density at radius 2 is 1.77 bits per heavy atom. The number of sulfonamides is 1. The normalized spacial score (nSPS) is 11.2. The van der Waals surface area contributed by atoms with E-state index in [-0.39, 0.29) is 22.7 Å². The number of aromatic nitrogens is 2. The van der Waals surface area contributed by atoms with E-state index in [1.54, 1.807) is 0 Å². The van der Waals surface area contributed by atoms with Gasteiger partial charge < -0.3 is 14.5 Å². The number of carbonyl (C=O) groups excluding carboxylic acids is 1. The number of rotatable bonds is 9. The van der Waals surface area contributed by atoms with Gasteiger partial charge in [-0.25, -0.2) is 22.5 Å². The van der Waals surface area contributed by atoms with Crippen molar-refractivity contribution in [3.05, 3.63) is 99.2 Å². The zero-order valence-corrected chi connectivity index (χ0v) is 23.2. The quantitative estimate of drug-likeness (QED) is 0.286. The minimum absolute atomic E-state index is 0.103. The summed E-state index contributed by atoms with van der Waals surface area (Å²) in [5.41, 5.74) is 1.60. The molecule has 0 spiro atoms. The summed E-state index contributed by atoms with van der Waals surface area (Å²) >= 11 is 0. The molecule has 4 rings (SSSR count). The highest BCUT2D eigenvalue weighted by atomic mass is 32.2. The number of pyridine rings is 2. The molecular weight excluding hydrogens is 537 g/mol. The number of hydrogen-bond acceptors (Lipinski definition) is 7. The van der Waals surface area contributed by atoms with Gasteiger partial charge in [0.1, 0.15) is 22.9 Å². The van der Waals surface area contributed by atoms with E-state index in [1.807, 2.05) is 44.5 Å². The Labute approximate surface area is 231 Å². The number of hydrogen-bond donors (Lipinski definition) is 2. The van der Waals surface area contributed by atoms with Crippen molar-refractivity contribution in [2.45, 2.75) is 39.0 Å². The lowest BCUT2D eigenvalue weighted by molar-refractivity contribution is 0.0978. The number of nitrogens with zero attached hydrogens (tertiary/aromatic N) is 1. The maximum Gasteiger partial charge on any atom is 0.270 e. The van der Waals surface area contributed by atoms with Crippen molar-refractivity contribution in [1.82, 2.24) is 14.7 Å². The molecule has 2 aromatic heterocycles. The maximum absolute atomic E-state index is 14.9. The van der Waals surface area contributed by atoms with Gasteiger partial charge in [-0.3, -0.25) is 9.59 Å². The SMILES string of the molecule is CCCOc1ccc(F)c(-c2ccc(C(=O)NS(=O)(=O)c3ccc[nH]c3=O)c(Oc3c(C)cc(C)cc3C)n2)c1. The Balaban J connectivity index is 1.81. The molecule has 4 aromatic rings. The molecule has 0 radical (unpaired) electrons. The fourth-order valence-corrected chi connectivity index (χ4v) is 5.15. The fraction of sp³-hybridized carbons (Fsp3) is 0.207. The lowest BCUT2D eigenvalue weighted by atomic mass is 10.1. The lowest BCUT2D eigenvalue weighted by Crippen LogP contribution is -2.34. The second-order valence-corrected chi connectivity index (χ2v) is 10.8. The van der Waals surface area contributed by atoms with Crippen molar-refractivity contribution in [3.63, 3.8) is 0 Å². The van der Waals surface area contributed by atoms with Crippen LogP contribution in [0.1, 0.15) is 40.4 Å². The molecule has 1 amide bonds. The van der Waals surface area contributed by atoms with Crippen molar-refractivity contribution >= 4 is 15.9 Å². The molecule has 9 nitrogen and oxygen atoms in total. The highest BCUT2D eigenvalue weighted by Gasteiger charge is 2.26. The summed E-state index contributed by atoms with van der Waals surface area (Å²) in [5, 5.41) is 0. The summed E-state index contributed by atoms with van der Waals surface area (Å²) in [7, 11) is -4.54. The summed E-state index contributed by atoms with van der Waals surface area (Å²) in [5.74, 6) is -1.06. The van der Waals surface area contributed by atoms with Gasteiger partial charge in [-0.2, -0.15) is 0 Å². The van der Waals surface area contributed by atoms with Crippen molar-refractivity contribution in [2.75, 3.05) is 6.61 Å². The van der Waals surface area contributed by atoms with Gasteiger partial charge in [-0.15, -0.1) is 0 Å². The van der Waals surface area contributed by atoms with Crippen molar-refractivity contribution in [1.29, 1.82) is 0 Å². The number of carbonyl (C=O) groups is 1. The summed E-state index contributed by atoms with van der Waals surface area (Å²) in [4.78, 5) is 31.4. The topological polar surface area (TPSA) is 127 Å². The predicted octanol–water partition coefficient (Wildman–Crippen LogP) is 5.20. The third kappa shape index (κ3) is 6.20. The van der Waals surface area contributed by atoms with Crippen LogP contribution in [0.25, 0.3) is 11.3 Å². The van der Waals surface area contributed by atoms with E-state index in [1.165, 1.54) is 42.6 Å². The van der Waals surface area contributed by atoms with Crippen molar-refractivity contribution in [3.8, 4) is 28.6 Å². The molecule has 0 aliphatic heterocycles. The van der Waals surface area contributed by atoms with Crippen LogP contribution in [0, 0.1) is 26.6 Å².